The molecular formula is C18H14N4O4-2. The van der Waals surface area contributed by atoms with Crippen molar-refractivity contribution in [1.82, 2.24) is 0 Å². The molecule has 0 spiro atoms. The fourth-order valence-corrected chi connectivity index (χ4v) is 3.07. The molecule has 1 aliphatic carbocycles. The third kappa shape index (κ3) is 2.72. The first-order valence-corrected chi connectivity index (χ1v) is 7.84. The third-order valence-corrected chi connectivity index (χ3v) is 4.41. The molecule has 0 heterocycles. The molecule has 132 valence electrons. The smallest absolute Gasteiger partial charge is 0.121 e. The van der Waals surface area contributed by atoms with Crippen molar-refractivity contribution >= 4 is 33.5 Å². The van der Waals surface area contributed by atoms with Crippen LogP contribution in [-0.4, -0.2) is 16.1 Å². The van der Waals surface area contributed by atoms with Crippen LogP contribution in [0.15, 0.2) is 59.7 Å². The van der Waals surface area contributed by atoms with Crippen molar-refractivity contribution in [2.24, 2.45) is 5.10 Å². The molecule has 8 heteroatoms. The summed E-state index contributed by atoms with van der Waals surface area (Å²) < 4.78 is 0. The number of benzene rings is 3. The van der Waals surface area contributed by atoms with E-state index < -0.39 is 5.23 Å². The van der Waals surface area contributed by atoms with E-state index in [-0.39, 0.29) is 22.3 Å². The summed E-state index contributed by atoms with van der Waals surface area (Å²) in [6.45, 7) is 0. The van der Waals surface area contributed by atoms with Gasteiger partial charge < -0.3 is 15.6 Å². The van der Waals surface area contributed by atoms with Crippen LogP contribution in [0.25, 0.3) is 10.8 Å². The fraction of sp³-hybridized carbons (Fsp3) is 0.0556. The second kappa shape index (κ2) is 6.28. The molecule has 4 rings (SSSR count). The van der Waals surface area contributed by atoms with Crippen LogP contribution in [0.1, 0.15) is 11.1 Å². The van der Waals surface area contributed by atoms with Crippen molar-refractivity contribution < 1.29 is 10.4 Å². The third-order valence-electron chi connectivity index (χ3n) is 4.41. The molecule has 0 unspecified atom stereocenters. The molecule has 0 aliphatic heterocycles. The van der Waals surface area contributed by atoms with E-state index in [1.807, 2.05) is 24.3 Å². The summed E-state index contributed by atoms with van der Waals surface area (Å²) in [5.41, 5.74) is 5.65. The van der Waals surface area contributed by atoms with Crippen molar-refractivity contribution in [3.8, 4) is 0 Å². The summed E-state index contributed by atoms with van der Waals surface area (Å²) in [7, 11) is 0. The topological polar surface area (TPSA) is 117 Å². The van der Waals surface area contributed by atoms with E-state index in [1.165, 1.54) is 28.5 Å². The molecule has 0 amide bonds. The van der Waals surface area contributed by atoms with Gasteiger partial charge in [-0.2, -0.15) is 5.10 Å². The van der Waals surface area contributed by atoms with E-state index >= 15 is 0 Å². The predicted octanol–water partition coefficient (Wildman–Crippen LogP) is 3.60. The normalized spacial score (nSPS) is 14.1. The minimum Gasteiger partial charge on any atom is -0.769 e. The number of rotatable bonds is 4. The highest BCUT2D eigenvalue weighted by Crippen LogP contribution is 2.33. The Balaban J connectivity index is 1.63. The standard InChI is InChI=1S/C18H14N4O4/c23-21(24)12-6-8-16(18(9-12)22(25)26)19-20-17-10-15-13-4-2-1-3-11(13)5-7-14(15)17/h1-9,19,25-26H,10H2/q-2. The maximum atomic E-state index is 10.8. The molecule has 3 aromatic carbocycles. The Kier molecular flexibility index (Phi) is 3.94. The summed E-state index contributed by atoms with van der Waals surface area (Å²) in [5.74, 6) is 0. The van der Waals surface area contributed by atoms with Gasteiger partial charge in [-0.15, -0.1) is 5.23 Å². The van der Waals surface area contributed by atoms with E-state index in [4.69, 9.17) is 0 Å². The minimum atomic E-state index is -0.615. The molecule has 0 aromatic heterocycles. The molecule has 0 fully saturated rings. The zero-order valence-corrected chi connectivity index (χ0v) is 13.5. The molecule has 3 N–H and O–H groups in total. The number of fused-ring (bicyclic) bond motifs is 3. The molecule has 3 aromatic rings. The van der Waals surface area contributed by atoms with Gasteiger partial charge >= 0.3 is 0 Å². The SMILES string of the molecule is [O-]N([O-])c1ccc(NN=C2Cc3c2ccc2ccccc32)c(N(O)O)c1. The van der Waals surface area contributed by atoms with Gasteiger partial charge in [0.15, 0.2) is 0 Å². The van der Waals surface area contributed by atoms with Crippen LogP contribution >= 0.6 is 0 Å². The lowest BCUT2D eigenvalue weighted by atomic mass is 9.82. The van der Waals surface area contributed by atoms with E-state index in [1.54, 1.807) is 0 Å². The van der Waals surface area contributed by atoms with Gasteiger partial charge in [-0.3, -0.25) is 15.8 Å². The molecule has 1 aliphatic rings. The van der Waals surface area contributed by atoms with E-state index in [0.717, 1.165) is 17.3 Å². The zero-order valence-electron chi connectivity index (χ0n) is 13.5. The summed E-state index contributed by atoms with van der Waals surface area (Å²) >= 11 is 0. The van der Waals surface area contributed by atoms with Crippen molar-refractivity contribution in [3.63, 3.8) is 0 Å². The molecule has 0 radical (unpaired) electrons. The van der Waals surface area contributed by atoms with E-state index in [9.17, 15) is 20.8 Å². The number of nitrogens with zero attached hydrogens (tertiary/aromatic N) is 3. The average Bonchev–Trinajstić information content (AvgIpc) is 2.61. The Morgan fingerprint density at radius 3 is 2.58 bits per heavy atom. The zero-order chi connectivity index (χ0) is 18.3. The molecular weight excluding hydrogens is 336 g/mol. The Labute approximate surface area is 148 Å². The highest BCUT2D eigenvalue weighted by molar-refractivity contribution is 6.15. The molecule has 0 atom stereocenters. The first-order valence-electron chi connectivity index (χ1n) is 7.84. The lowest BCUT2D eigenvalue weighted by molar-refractivity contribution is 0.0295. The number of nitrogens with one attached hydrogen (secondary N) is 1. The van der Waals surface area contributed by atoms with Crippen LogP contribution in [-0.2, 0) is 6.42 Å². The molecule has 0 saturated heterocycles. The van der Waals surface area contributed by atoms with Gasteiger partial charge in [0.25, 0.3) is 0 Å². The van der Waals surface area contributed by atoms with Crippen molar-refractivity contribution in [1.29, 1.82) is 0 Å². The lowest BCUT2D eigenvalue weighted by Gasteiger charge is -2.38. The quantitative estimate of drug-likeness (QED) is 0.615. The Morgan fingerprint density at radius 1 is 1.00 bits per heavy atom. The predicted molar refractivity (Wildman–Crippen MR) is 99.5 cm³/mol. The van der Waals surface area contributed by atoms with Crippen molar-refractivity contribution in [3.05, 3.63) is 76.1 Å². The lowest BCUT2D eigenvalue weighted by Crippen LogP contribution is -2.22. The monoisotopic (exact) mass is 350 g/mol. The second-order valence-electron chi connectivity index (χ2n) is 5.91. The van der Waals surface area contributed by atoms with Gasteiger partial charge in [-0.1, -0.05) is 36.4 Å². The van der Waals surface area contributed by atoms with Gasteiger partial charge in [-0.25, -0.2) is 0 Å². The molecule has 0 saturated carbocycles. The molecule has 8 nitrogen and oxygen atoms in total. The Bertz CT molecular complexity index is 1020. The highest BCUT2D eigenvalue weighted by Gasteiger charge is 2.23. The summed E-state index contributed by atoms with van der Waals surface area (Å²) in [6.07, 6.45) is 0.688. The second-order valence-corrected chi connectivity index (χ2v) is 5.91. The Hall–Kier alpha value is -3.17. The average molecular weight is 350 g/mol. The van der Waals surface area contributed by atoms with Crippen molar-refractivity contribution in [2.45, 2.75) is 6.42 Å². The highest BCUT2D eigenvalue weighted by atomic mass is 16.8. The summed E-state index contributed by atoms with van der Waals surface area (Å²) in [6, 6.07) is 15.8. The summed E-state index contributed by atoms with van der Waals surface area (Å²) in [4.78, 5) is 0. The maximum absolute atomic E-state index is 10.8. The number of anilines is 3. The number of hydrogen-bond donors (Lipinski definition) is 3. The van der Waals surface area contributed by atoms with Gasteiger partial charge in [0, 0.05) is 17.7 Å². The van der Waals surface area contributed by atoms with Gasteiger partial charge in [0.1, 0.15) is 5.69 Å². The molecule has 0 bridgehead atoms. The Morgan fingerprint density at radius 2 is 1.81 bits per heavy atom. The first kappa shape index (κ1) is 16.3. The van der Waals surface area contributed by atoms with Gasteiger partial charge in [0.2, 0.25) is 0 Å². The van der Waals surface area contributed by atoms with Crippen LogP contribution in [0.5, 0.6) is 0 Å². The van der Waals surface area contributed by atoms with Crippen LogP contribution in [0.2, 0.25) is 0 Å². The summed E-state index contributed by atoms with van der Waals surface area (Å²) in [5, 5.41) is 46.2. The first-order chi connectivity index (χ1) is 12.5. The number of hydrazone groups is 1. The van der Waals surface area contributed by atoms with Crippen LogP contribution < -0.4 is 15.9 Å². The van der Waals surface area contributed by atoms with E-state index in [0.29, 0.717) is 6.42 Å². The minimum absolute atomic E-state index is 0.165. The largest absolute Gasteiger partial charge is 0.769 e. The molecule has 26 heavy (non-hydrogen) atoms. The van der Waals surface area contributed by atoms with Crippen LogP contribution in [0, 0.1) is 10.4 Å². The van der Waals surface area contributed by atoms with Crippen LogP contribution in [0.3, 0.4) is 0 Å². The van der Waals surface area contributed by atoms with Gasteiger partial charge in [0.05, 0.1) is 11.4 Å². The fourth-order valence-electron chi connectivity index (χ4n) is 3.07. The van der Waals surface area contributed by atoms with E-state index in [2.05, 4.69) is 22.7 Å². The van der Waals surface area contributed by atoms with Gasteiger partial charge in [-0.05, 0) is 34.5 Å². The maximum Gasteiger partial charge on any atom is 0.121 e. The van der Waals surface area contributed by atoms with Crippen LogP contribution in [0.4, 0.5) is 17.1 Å². The number of hydrogen-bond acceptors (Lipinski definition) is 8. The van der Waals surface area contributed by atoms with Crippen molar-refractivity contribution in [2.75, 3.05) is 15.9 Å².